The van der Waals surface area contributed by atoms with E-state index in [1.165, 1.54) is 24.0 Å². The zero-order valence-electron chi connectivity index (χ0n) is 18.1. The van der Waals surface area contributed by atoms with E-state index in [0.717, 1.165) is 43.8 Å². The number of hydrogen-bond acceptors (Lipinski definition) is 3. The number of hydrogen-bond donors (Lipinski definition) is 1. The molecule has 158 valence electrons. The van der Waals surface area contributed by atoms with Gasteiger partial charge in [-0.3, -0.25) is 9.69 Å². The minimum Gasteiger partial charge on any atom is -0.508 e. The van der Waals surface area contributed by atoms with Crippen molar-refractivity contribution in [1.29, 1.82) is 0 Å². The van der Waals surface area contributed by atoms with Crippen LogP contribution in [-0.2, 0) is 11.8 Å². The van der Waals surface area contributed by atoms with Crippen molar-refractivity contribution in [3.63, 3.8) is 0 Å². The second kappa shape index (κ2) is 7.42. The van der Waals surface area contributed by atoms with Crippen molar-refractivity contribution in [2.24, 2.45) is 5.92 Å². The number of carbonyl (C=O) groups excluding carboxylic acids is 1. The molecule has 1 N–H and O–H groups in total. The lowest BCUT2D eigenvalue weighted by Gasteiger charge is -2.52. The average molecular weight is 405 g/mol. The molecule has 0 spiro atoms. The number of amides is 1. The monoisotopic (exact) mass is 404 g/mol. The molecule has 0 aromatic heterocycles. The SMILES string of the molecule is CN(C(=O)c1ccccc1)C1C2Cc3ccc(O)cc3C1(C)CCCN2CC1CC1. The van der Waals surface area contributed by atoms with E-state index in [0.29, 0.717) is 11.8 Å². The molecule has 2 aliphatic carbocycles. The van der Waals surface area contributed by atoms with E-state index in [9.17, 15) is 9.90 Å². The van der Waals surface area contributed by atoms with Gasteiger partial charge in [-0.05, 0) is 80.0 Å². The number of likely N-dealkylation sites (N-methyl/N-ethyl adjacent to an activating group) is 1. The third kappa shape index (κ3) is 3.31. The fourth-order valence-electron chi connectivity index (χ4n) is 6.08. The number of phenols is 1. The van der Waals surface area contributed by atoms with Crippen LogP contribution in [0.25, 0.3) is 0 Å². The lowest BCUT2D eigenvalue weighted by Crippen LogP contribution is -2.62. The molecule has 3 atom stereocenters. The molecular formula is C26H32N2O2. The normalized spacial score (nSPS) is 28.5. The molecular weight excluding hydrogens is 372 g/mol. The first-order valence-electron chi connectivity index (χ1n) is 11.4. The second-order valence-corrected chi connectivity index (χ2v) is 9.80. The molecule has 1 heterocycles. The van der Waals surface area contributed by atoms with Crippen LogP contribution >= 0.6 is 0 Å². The number of benzene rings is 2. The third-order valence-corrected chi connectivity index (χ3v) is 7.71. The minimum absolute atomic E-state index is 0.0840. The Morgan fingerprint density at radius 2 is 1.97 bits per heavy atom. The van der Waals surface area contributed by atoms with Crippen molar-refractivity contribution < 1.29 is 9.90 Å². The number of fused-ring (bicyclic) bond motifs is 4. The summed E-state index contributed by atoms with van der Waals surface area (Å²) in [6, 6.07) is 15.9. The molecule has 30 heavy (non-hydrogen) atoms. The number of carbonyl (C=O) groups is 1. The van der Waals surface area contributed by atoms with Crippen LogP contribution in [-0.4, -0.2) is 53.0 Å². The lowest BCUT2D eigenvalue weighted by molar-refractivity contribution is 0.0378. The summed E-state index contributed by atoms with van der Waals surface area (Å²) < 4.78 is 0. The van der Waals surface area contributed by atoms with Gasteiger partial charge in [0.25, 0.3) is 5.91 Å². The van der Waals surface area contributed by atoms with Gasteiger partial charge in [0, 0.05) is 30.6 Å². The van der Waals surface area contributed by atoms with E-state index >= 15 is 0 Å². The molecule has 0 radical (unpaired) electrons. The van der Waals surface area contributed by atoms with Crippen molar-refractivity contribution in [2.75, 3.05) is 20.1 Å². The zero-order chi connectivity index (χ0) is 20.9. The lowest BCUT2D eigenvalue weighted by atomic mass is 9.63. The van der Waals surface area contributed by atoms with Gasteiger partial charge in [0.1, 0.15) is 5.75 Å². The van der Waals surface area contributed by atoms with Gasteiger partial charge in [-0.1, -0.05) is 31.2 Å². The van der Waals surface area contributed by atoms with Crippen LogP contribution in [0.5, 0.6) is 5.75 Å². The molecule has 1 amide bonds. The molecule has 2 aromatic rings. The summed E-state index contributed by atoms with van der Waals surface area (Å²) in [7, 11) is 1.99. The summed E-state index contributed by atoms with van der Waals surface area (Å²) in [4.78, 5) is 18.2. The Morgan fingerprint density at radius 1 is 1.20 bits per heavy atom. The Hall–Kier alpha value is -2.33. The predicted molar refractivity (Wildman–Crippen MR) is 119 cm³/mol. The van der Waals surface area contributed by atoms with Crippen molar-refractivity contribution in [1.82, 2.24) is 9.80 Å². The second-order valence-electron chi connectivity index (χ2n) is 9.80. The highest BCUT2D eigenvalue weighted by Gasteiger charge is 2.52. The third-order valence-electron chi connectivity index (χ3n) is 7.71. The average Bonchev–Trinajstić information content (AvgIpc) is 3.57. The van der Waals surface area contributed by atoms with E-state index in [4.69, 9.17) is 0 Å². The van der Waals surface area contributed by atoms with Crippen LogP contribution in [0, 0.1) is 5.92 Å². The van der Waals surface area contributed by atoms with E-state index < -0.39 is 0 Å². The summed E-state index contributed by atoms with van der Waals surface area (Å²) >= 11 is 0. The summed E-state index contributed by atoms with van der Waals surface area (Å²) in [6.07, 6.45) is 5.77. The van der Waals surface area contributed by atoms with Gasteiger partial charge in [-0.15, -0.1) is 0 Å². The summed E-state index contributed by atoms with van der Waals surface area (Å²) in [5.74, 6) is 1.24. The molecule has 1 saturated carbocycles. The van der Waals surface area contributed by atoms with Gasteiger partial charge in [-0.25, -0.2) is 0 Å². The molecule has 2 bridgehead atoms. The van der Waals surface area contributed by atoms with Crippen LogP contribution < -0.4 is 0 Å². The van der Waals surface area contributed by atoms with E-state index in [-0.39, 0.29) is 17.4 Å². The van der Waals surface area contributed by atoms with Gasteiger partial charge in [0.2, 0.25) is 0 Å². The van der Waals surface area contributed by atoms with Crippen molar-refractivity contribution >= 4 is 5.91 Å². The highest BCUT2D eigenvalue weighted by Crippen LogP contribution is 2.48. The van der Waals surface area contributed by atoms with Crippen LogP contribution in [0.1, 0.15) is 54.1 Å². The summed E-state index contributed by atoms with van der Waals surface area (Å²) in [6.45, 7) is 4.57. The van der Waals surface area contributed by atoms with E-state index in [1.54, 1.807) is 0 Å². The van der Waals surface area contributed by atoms with Crippen LogP contribution in [0.3, 0.4) is 0 Å². The number of phenolic OH excluding ortho intramolecular Hbond substituents is 1. The van der Waals surface area contributed by atoms with Crippen molar-refractivity contribution in [3.05, 3.63) is 65.2 Å². The van der Waals surface area contributed by atoms with Crippen molar-refractivity contribution in [2.45, 2.75) is 56.5 Å². The quantitative estimate of drug-likeness (QED) is 0.830. The number of nitrogens with zero attached hydrogens (tertiary/aromatic N) is 2. The number of rotatable bonds is 4. The van der Waals surface area contributed by atoms with Gasteiger partial charge in [0.05, 0.1) is 6.04 Å². The van der Waals surface area contributed by atoms with E-state index in [2.05, 4.69) is 17.9 Å². The largest absolute Gasteiger partial charge is 0.508 e. The molecule has 5 rings (SSSR count). The van der Waals surface area contributed by atoms with Gasteiger partial charge in [0.15, 0.2) is 0 Å². The Bertz CT molecular complexity index is 939. The first-order chi connectivity index (χ1) is 14.5. The molecule has 3 unspecified atom stereocenters. The maximum absolute atomic E-state index is 13.5. The first kappa shape index (κ1) is 19.6. The maximum Gasteiger partial charge on any atom is 0.253 e. The Balaban J connectivity index is 1.59. The first-order valence-corrected chi connectivity index (χ1v) is 11.4. The van der Waals surface area contributed by atoms with Gasteiger partial charge >= 0.3 is 0 Å². The summed E-state index contributed by atoms with van der Waals surface area (Å²) in [5.41, 5.74) is 3.13. The van der Waals surface area contributed by atoms with Gasteiger partial charge in [-0.2, -0.15) is 0 Å². The van der Waals surface area contributed by atoms with Crippen LogP contribution in [0.15, 0.2) is 48.5 Å². The molecule has 1 saturated heterocycles. The predicted octanol–water partition coefficient (Wildman–Crippen LogP) is 4.22. The molecule has 4 heteroatoms. The van der Waals surface area contributed by atoms with Crippen molar-refractivity contribution in [3.8, 4) is 5.75 Å². The highest BCUT2D eigenvalue weighted by atomic mass is 16.3. The standard InChI is InChI=1S/C26H32N2O2/c1-26-13-6-14-28(17-18-9-10-18)23(15-20-11-12-21(29)16-22(20)26)24(26)27(2)25(30)19-7-4-3-5-8-19/h3-5,7-8,11-12,16,18,23-24,29H,6,9-10,13-15,17H2,1-2H3. The smallest absolute Gasteiger partial charge is 0.253 e. The molecule has 2 aromatic carbocycles. The van der Waals surface area contributed by atoms with Crippen LogP contribution in [0.2, 0.25) is 0 Å². The Kier molecular flexibility index (Phi) is 4.85. The van der Waals surface area contributed by atoms with Gasteiger partial charge < -0.3 is 10.0 Å². The number of aromatic hydroxyl groups is 1. The maximum atomic E-state index is 13.5. The fraction of sp³-hybridized carbons (Fsp3) is 0.500. The van der Waals surface area contributed by atoms with E-state index in [1.807, 2.05) is 54.4 Å². The molecule has 4 nitrogen and oxygen atoms in total. The molecule has 3 aliphatic rings. The molecule has 2 fully saturated rings. The number of likely N-dealkylation sites (tertiary alicyclic amines) is 1. The summed E-state index contributed by atoms with van der Waals surface area (Å²) in [5, 5.41) is 10.3. The minimum atomic E-state index is -0.172. The van der Waals surface area contributed by atoms with Crippen LogP contribution in [0.4, 0.5) is 0 Å². The highest BCUT2D eigenvalue weighted by molar-refractivity contribution is 5.94. The Morgan fingerprint density at radius 3 is 2.70 bits per heavy atom. The zero-order valence-corrected chi connectivity index (χ0v) is 18.1. The fourth-order valence-corrected chi connectivity index (χ4v) is 6.08. The Labute approximate surface area is 179 Å². The molecule has 1 aliphatic heterocycles. The topological polar surface area (TPSA) is 43.8 Å².